The number of carbonyl (C=O) groups is 1. The fourth-order valence-electron chi connectivity index (χ4n) is 3.30. The second-order valence-electron chi connectivity index (χ2n) is 5.83. The van der Waals surface area contributed by atoms with Gasteiger partial charge in [0, 0.05) is 25.0 Å². The number of hydrogen-bond donors (Lipinski definition) is 2. The van der Waals surface area contributed by atoms with Crippen molar-refractivity contribution in [1.82, 2.24) is 10.2 Å². The number of nitrogens with two attached hydrogens (primary N) is 1. The Balaban J connectivity index is 1.74. The smallest absolute Gasteiger partial charge is 0.220 e. The lowest BCUT2D eigenvalue weighted by atomic mass is 9.96. The Labute approximate surface area is 110 Å². The van der Waals surface area contributed by atoms with Gasteiger partial charge in [-0.05, 0) is 44.7 Å². The molecule has 18 heavy (non-hydrogen) atoms. The average molecular weight is 253 g/mol. The zero-order valence-electron chi connectivity index (χ0n) is 11.5. The highest BCUT2D eigenvalue weighted by Gasteiger charge is 2.32. The molecular weight excluding hydrogens is 226 g/mol. The Morgan fingerprint density at radius 1 is 1.44 bits per heavy atom. The van der Waals surface area contributed by atoms with Crippen LogP contribution in [0.5, 0.6) is 0 Å². The third-order valence-corrected chi connectivity index (χ3v) is 4.57. The van der Waals surface area contributed by atoms with Gasteiger partial charge in [0.05, 0.1) is 0 Å². The second kappa shape index (κ2) is 6.53. The fraction of sp³-hybridized carbons (Fsp3) is 0.929. The van der Waals surface area contributed by atoms with Gasteiger partial charge in [-0.25, -0.2) is 0 Å². The maximum atomic E-state index is 12.0. The van der Waals surface area contributed by atoms with Crippen LogP contribution in [-0.2, 0) is 4.79 Å². The first-order valence-electron chi connectivity index (χ1n) is 7.46. The molecule has 2 aliphatic rings. The van der Waals surface area contributed by atoms with E-state index in [1.807, 2.05) is 0 Å². The Hall–Kier alpha value is -0.610. The Morgan fingerprint density at radius 3 is 3.00 bits per heavy atom. The average Bonchev–Trinajstić information content (AvgIpc) is 2.83. The maximum absolute atomic E-state index is 12.0. The summed E-state index contributed by atoms with van der Waals surface area (Å²) < 4.78 is 0. The number of nitrogens with one attached hydrogen (secondary N) is 1. The molecule has 0 aromatic carbocycles. The van der Waals surface area contributed by atoms with E-state index in [1.54, 1.807) is 0 Å². The van der Waals surface area contributed by atoms with Crippen molar-refractivity contribution in [3.63, 3.8) is 0 Å². The van der Waals surface area contributed by atoms with E-state index < -0.39 is 0 Å². The number of piperidine rings is 1. The molecule has 2 rings (SSSR count). The normalized spacial score (nSPS) is 29.9. The molecule has 2 saturated heterocycles. The molecule has 4 heteroatoms. The molecule has 2 fully saturated rings. The summed E-state index contributed by atoms with van der Waals surface area (Å²) in [5, 5.41) is 3.21. The van der Waals surface area contributed by atoms with E-state index in [0.717, 1.165) is 31.8 Å². The molecule has 0 bridgehead atoms. The van der Waals surface area contributed by atoms with Gasteiger partial charge in [-0.3, -0.25) is 4.79 Å². The topological polar surface area (TPSA) is 58.4 Å². The summed E-state index contributed by atoms with van der Waals surface area (Å²) in [6.45, 7) is 5.13. The molecule has 2 heterocycles. The first-order chi connectivity index (χ1) is 8.72. The minimum Gasteiger partial charge on any atom is -0.353 e. The third-order valence-electron chi connectivity index (χ3n) is 4.57. The summed E-state index contributed by atoms with van der Waals surface area (Å²) >= 11 is 0. The van der Waals surface area contributed by atoms with Crippen molar-refractivity contribution < 1.29 is 4.79 Å². The zero-order chi connectivity index (χ0) is 13.0. The van der Waals surface area contributed by atoms with E-state index in [4.69, 9.17) is 5.73 Å². The van der Waals surface area contributed by atoms with Crippen LogP contribution in [0, 0.1) is 5.92 Å². The van der Waals surface area contributed by atoms with Crippen molar-refractivity contribution in [3.05, 3.63) is 0 Å². The summed E-state index contributed by atoms with van der Waals surface area (Å²) in [6.07, 6.45) is 6.48. The molecule has 0 aliphatic carbocycles. The van der Waals surface area contributed by atoms with Crippen LogP contribution in [0.4, 0.5) is 0 Å². The molecule has 1 amide bonds. The van der Waals surface area contributed by atoms with E-state index >= 15 is 0 Å². The van der Waals surface area contributed by atoms with Crippen molar-refractivity contribution in [2.24, 2.45) is 11.7 Å². The van der Waals surface area contributed by atoms with Gasteiger partial charge < -0.3 is 16.0 Å². The Morgan fingerprint density at radius 2 is 2.28 bits per heavy atom. The minimum atomic E-state index is 0.198. The molecule has 0 spiro atoms. The monoisotopic (exact) mass is 253 g/mol. The fourth-order valence-corrected chi connectivity index (χ4v) is 3.30. The van der Waals surface area contributed by atoms with Gasteiger partial charge in [0.1, 0.15) is 0 Å². The SMILES string of the molecule is CCC(CN)CC(=O)NC1CCN2CCCC2C1. The number of carbonyl (C=O) groups excluding carboxylic acids is 1. The third kappa shape index (κ3) is 3.45. The van der Waals surface area contributed by atoms with Gasteiger partial charge >= 0.3 is 0 Å². The highest BCUT2D eigenvalue weighted by Crippen LogP contribution is 2.26. The highest BCUT2D eigenvalue weighted by molar-refractivity contribution is 5.76. The van der Waals surface area contributed by atoms with Crippen molar-refractivity contribution in [2.45, 2.75) is 57.5 Å². The van der Waals surface area contributed by atoms with Gasteiger partial charge in [0.25, 0.3) is 0 Å². The van der Waals surface area contributed by atoms with E-state index in [-0.39, 0.29) is 5.91 Å². The first-order valence-corrected chi connectivity index (χ1v) is 7.46. The van der Waals surface area contributed by atoms with Crippen LogP contribution < -0.4 is 11.1 Å². The standard InChI is InChI=1S/C14H27N3O/c1-2-11(10-15)8-14(18)16-12-5-7-17-6-3-4-13(17)9-12/h11-13H,2-10,15H2,1H3,(H,16,18). The molecule has 3 N–H and O–H groups in total. The van der Waals surface area contributed by atoms with E-state index in [1.165, 1.54) is 19.4 Å². The van der Waals surface area contributed by atoms with Crippen LogP contribution in [0.25, 0.3) is 0 Å². The van der Waals surface area contributed by atoms with Gasteiger partial charge in [0.15, 0.2) is 0 Å². The van der Waals surface area contributed by atoms with Crippen LogP contribution in [0.15, 0.2) is 0 Å². The Bertz CT molecular complexity index is 278. The molecule has 4 nitrogen and oxygen atoms in total. The van der Waals surface area contributed by atoms with Crippen LogP contribution >= 0.6 is 0 Å². The number of rotatable bonds is 5. The summed E-state index contributed by atoms with van der Waals surface area (Å²) in [4.78, 5) is 14.5. The first kappa shape index (κ1) is 13.8. The molecule has 0 saturated carbocycles. The lowest BCUT2D eigenvalue weighted by molar-refractivity contribution is -0.123. The van der Waals surface area contributed by atoms with E-state index in [9.17, 15) is 4.79 Å². The van der Waals surface area contributed by atoms with E-state index in [0.29, 0.717) is 24.9 Å². The summed E-state index contributed by atoms with van der Waals surface area (Å²) in [5.74, 6) is 0.542. The quantitative estimate of drug-likeness (QED) is 0.771. The van der Waals surface area contributed by atoms with Crippen molar-refractivity contribution >= 4 is 5.91 Å². The molecule has 0 aromatic heterocycles. The van der Waals surface area contributed by atoms with Crippen molar-refractivity contribution in [3.8, 4) is 0 Å². The summed E-state index contributed by atoms with van der Waals surface area (Å²) in [6, 6.07) is 1.12. The van der Waals surface area contributed by atoms with Gasteiger partial charge in [0.2, 0.25) is 5.91 Å². The van der Waals surface area contributed by atoms with Gasteiger partial charge in [-0.1, -0.05) is 13.3 Å². The second-order valence-corrected chi connectivity index (χ2v) is 5.83. The minimum absolute atomic E-state index is 0.198. The van der Waals surface area contributed by atoms with Crippen LogP contribution in [0.1, 0.15) is 45.4 Å². The maximum Gasteiger partial charge on any atom is 0.220 e. The van der Waals surface area contributed by atoms with Crippen LogP contribution in [-0.4, -0.2) is 42.5 Å². The molecule has 0 aromatic rings. The van der Waals surface area contributed by atoms with Gasteiger partial charge in [-0.15, -0.1) is 0 Å². The predicted molar refractivity (Wildman–Crippen MR) is 73.2 cm³/mol. The van der Waals surface area contributed by atoms with Crippen molar-refractivity contribution in [1.29, 1.82) is 0 Å². The lowest BCUT2D eigenvalue weighted by Gasteiger charge is -2.35. The molecule has 3 unspecified atom stereocenters. The number of nitrogens with zero attached hydrogens (tertiary/aromatic N) is 1. The number of amides is 1. The number of hydrogen-bond acceptors (Lipinski definition) is 3. The zero-order valence-corrected chi connectivity index (χ0v) is 11.5. The highest BCUT2D eigenvalue weighted by atomic mass is 16.1. The number of fused-ring (bicyclic) bond motifs is 1. The predicted octanol–water partition coefficient (Wildman–Crippen LogP) is 1.10. The summed E-state index contributed by atoms with van der Waals surface area (Å²) in [7, 11) is 0. The Kier molecular flexibility index (Phi) is 5.01. The van der Waals surface area contributed by atoms with Crippen molar-refractivity contribution in [2.75, 3.05) is 19.6 Å². The summed E-state index contributed by atoms with van der Waals surface area (Å²) in [5.41, 5.74) is 5.65. The lowest BCUT2D eigenvalue weighted by Crippen LogP contribution is -2.47. The van der Waals surface area contributed by atoms with E-state index in [2.05, 4.69) is 17.1 Å². The largest absolute Gasteiger partial charge is 0.353 e. The van der Waals surface area contributed by atoms with Gasteiger partial charge in [-0.2, -0.15) is 0 Å². The molecule has 0 radical (unpaired) electrons. The van der Waals surface area contributed by atoms with Crippen LogP contribution in [0.3, 0.4) is 0 Å². The van der Waals surface area contributed by atoms with Crippen LogP contribution in [0.2, 0.25) is 0 Å². The molecular formula is C14H27N3O. The molecule has 2 aliphatic heterocycles. The molecule has 104 valence electrons. The molecule has 3 atom stereocenters.